The SMILES string of the molecule is COc1ccc(CCC(=O)N2CCCN(CC(=O)NCc3ccc(OC)cc3)CC2)cc1. The molecule has 1 aliphatic rings. The van der Waals surface area contributed by atoms with Crippen molar-refractivity contribution in [3.8, 4) is 11.5 Å². The molecule has 7 nitrogen and oxygen atoms in total. The van der Waals surface area contributed by atoms with Crippen LogP contribution in [0, 0.1) is 0 Å². The highest BCUT2D eigenvalue weighted by Gasteiger charge is 2.20. The number of ether oxygens (including phenoxy) is 2. The molecule has 2 aromatic carbocycles. The Hall–Kier alpha value is -3.06. The maximum atomic E-state index is 12.7. The minimum Gasteiger partial charge on any atom is -0.497 e. The molecule has 1 saturated heterocycles. The zero-order chi connectivity index (χ0) is 22.8. The van der Waals surface area contributed by atoms with Gasteiger partial charge in [-0.25, -0.2) is 0 Å². The molecule has 7 heteroatoms. The molecule has 0 unspecified atom stereocenters. The number of amides is 2. The van der Waals surface area contributed by atoms with Crippen molar-refractivity contribution >= 4 is 11.8 Å². The van der Waals surface area contributed by atoms with Gasteiger partial charge in [0.15, 0.2) is 0 Å². The first-order valence-corrected chi connectivity index (χ1v) is 11.1. The van der Waals surface area contributed by atoms with Crippen molar-refractivity contribution in [2.45, 2.75) is 25.8 Å². The molecule has 3 rings (SSSR count). The number of aryl methyl sites for hydroxylation is 1. The van der Waals surface area contributed by atoms with E-state index in [0.29, 0.717) is 32.6 Å². The third kappa shape index (κ3) is 7.27. The van der Waals surface area contributed by atoms with Gasteiger partial charge in [-0.1, -0.05) is 24.3 Å². The van der Waals surface area contributed by atoms with Crippen LogP contribution < -0.4 is 14.8 Å². The molecule has 0 spiro atoms. The molecule has 1 N–H and O–H groups in total. The van der Waals surface area contributed by atoms with Gasteiger partial charge in [0.25, 0.3) is 0 Å². The summed E-state index contributed by atoms with van der Waals surface area (Å²) in [7, 11) is 3.28. The number of hydrogen-bond donors (Lipinski definition) is 1. The van der Waals surface area contributed by atoms with Gasteiger partial charge in [-0.2, -0.15) is 0 Å². The van der Waals surface area contributed by atoms with Gasteiger partial charge in [-0.3, -0.25) is 14.5 Å². The molecule has 0 saturated carbocycles. The fourth-order valence-corrected chi connectivity index (χ4v) is 3.78. The van der Waals surface area contributed by atoms with Gasteiger partial charge in [0.05, 0.1) is 20.8 Å². The van der Waals surface area contributed by atoms with E-state index in [1.165, 1.54) is 0 Å². The van der Waals surface area contributed by atoms with E-state index in [-0.39, 0.29) is 11.8 Å². The van der Waals surface area contributed by atoms with Crippen molar-refractivity contribution in [1.29, 1.82) is 0 Å². The summed E-state index contributed by atoms with van der Waals surface area (Å²) >= 11 is 0. The summed E-state index contributed by atoms with van der Waals surface area (Å²) in [6.45, 7) is 3.78. The van der Waals surface area contributed by atoms with Gasteiger partial charge in [-0.05, 0) is 48.2 Å². The first kappa shape index (κ1) is 23.6. The zero-order valence-corrected chi connectivity index (χ0v) is 19.0. The van der Waals surface area contributed by atoms with Crippen LogP contribution in [0.3, 0.4) is 0 Å². The lowest BCUT2D eigenvalue weighted by atomic mass is 10.1. The third-order valence-electron chi connectivity index (χ3n) is 5.74. The minimum absolute atomic E-state index is 0.0000929. The van der Waals surface area contributed by atoms with Crippen LogP contribution in [-0.4, -0.2) is 68.6 Å². The van der Waals surface area contributed by atoms with E-state index in [4.69, 9.17) is 9.47 Å². The number of carbonyl (C=O) groups is 2. The number of nitrogens with zero attached hydrogens (tertiary/aromatic N) is 2. The Balaban J connectivity index is 1.38. The smallest absolute Gasteiger partial charge is 0.234 e. The summed E-state index contributed by atoms with van der Waals surface area (Å²) in [5.74, 6) is 1.79. The minimum atomic E-state index is 0.0000929. The lowest BCUT2D eigenvalue weighted by molar-refractivity contribution is -0.131. The molecule has 2 amide bonds. The Morgan fingerprint density at radius 3 is 2.09 bits per heavy atom. The molecule has 32 heavy (non-hydrogen) atoms. The number of carbonyl (C=O) groups excluding carboxylic acids is 2. The Morgan fingerprint density at radius 1 is 0.844 bits per heavy atom. The first-order valence-electron chi connectivity index (χ1n) is 11.1. The highest BCUT2D eigenvalue weighted by molar-refractivity contribution is 5.78. The molecule has 0 aliphatic carbocycles. The van der Waals surface area contributed by atoms with Crippen LogP contribution in [0.1, 0.15) is 24.0 Å². The Bertz CT molecular complexity index is 868. The summed E-state index contributed by atoms with van der Waals surface area (Å²) in [4.78, 5) is 29.1. The van der Waals surface area contributed by atoms with Gasteiger partial charge >= 0.3 is 0 Å². The lowest BCUT2D eigenvalue weighted by Gasteiger charge is -2.22. The second-order valence-electron chi connectivity index (χ2n) is 7.98. The lowest BCUT2D eigenvalue weighted by Crippen LogP contribution is -2.39. The molecule has 2 aromatic rings. The van der Waals surface area contributed by atoms with E-state index in [2.05, 4.69) is 10.2 Å². The van der Waals surface area contributed by atoms with Crippen LogP contribution in [0.5, 0.6) is 11.5 Å². The van der Waals surface area contributed by atoms with Crippen LogP contribution in [0.4, 0.5) is 0 Å². The van der Waals surface area contributed by atoms with Crippen molar-refractivity contribution in [2.75, 3.05) is 46.9 Å². The summed E-state index contributed by atoms with van der Waals surface area (Å²) in [6.07, 6.45) is 2.09. The predicted octanol–water partition coefficient (Wildman–Crippen LogP) is 2.49. The summed E-state index contributed by atoms with van der Waals surface area (Å²) < 4.78 is 10.3. The summed E-state index contributed by atoms with van der Waals surface area (Å²) in [5, 5.41) is 2.97. The fourth-order valence-electron chi connectivity index (χ4n) is 3.78. The topological polar surface area (TPSA) is 71.1 Å². The second kappa shape index (κ2) is 12.1. The van der Waals surface area contributed by atoms with Gasteiger partial charge in [-0.15, -0.1) is 0 Å². The molecule has 1 aliphatic heterocycles. The highest BCUT2D eigenvalue weighted by atomic mass is 16.5. The number of rotatable bonds is 9. The molecule has 1 heterocycles. The average Bonchev–Trinajstić information content (AvgIpc) is 3.07. The first-order chi connectivity index (χ1) is 15.6. The second-order valence-corrected chi connectivity index (χ2v) is 7.98. The highest BCUT2D eigenvalue weighted by Crippen LogP contribution is 2.14. The van der Waals surface area contributed by atoms with Crippen molar-refractivity contribution in [3.05, 3.63) is 59.7 Å². The molecular weight excluding hydrogens is 406 g/mol. The summed E-state index contributed by atoms with van der Waals surface area (Å²) in [6, 6.07) is 15.5. The van der Waals surface area contributed by atoms with E-state index in [9.17, 15) is 9.59 Å². The van der Waals surface area contributed by atoms with Crippen molar-refractivity contribution in [2.24, 2.45) is 0 Å². The van der Waals surface area contributed by atoms with E-state index in [1.54, 1.807) is 14.2 Å². The number of methoxy groups -OCH3 is 2. The molecule has 0 atom stereocenters. The number of hydrogen-bond acceptors (Lipinski definition) is 5. The fraction of sp³-hybridized carbons (Fsp3) is 0.440. The van der Waals surface area contributed by atoms with Gasteiger partial charge < -0.3 is 19.7 Å². The average molecular weight is 440 g/mol. The van der Waals surface area contributed by atoms with Gasteiger partial charge in [0.2, 0.25) is 11.8 Å². The molecule has 0 radical (unpaired) electrons. The van der Waals surface area contributed by atoms with E-state index in [1.807, 2.05) is 53.4 Å². The maximum absolute atomic E-state index is 12.7. The van der Waals surface area contributed by atoms with Crippen LogP contribution >= 0.6 is 0 Å². The summed E-state index contributed by atoms with van der Waals surface area (Å²) in [5.41, 5.74) is 2.16. The third-order valence-corrected chi connectivity index (χ3v) is 5.74. The Kier molecular flexibility index (Phi) is 8.92. The maximum Gasteiger partial charge on any atom is 0.234 e. The van der Waals surface area contributed by atoms with Crippen molar-refractivity contribution < 1.29 is 19.1 Å². The van der Waals surface area contributed by atoms with Crippen molar-refractivity contribution in [3.63, 3.8) is 0 Å². The molecule has 0 aromatic heterocycles. The molecule has 172 valence electrons. The largest absolute Gasteiger partial charge is 0.497 e. The Morgan fingerprint density at radius 2 is 1.47 bits per heavy atom. The normalized spacial score (nSPS) is 14.5. The molecule has 1 fully saturated rings. The zero-order valence-electron chi connectivity index (χ0n) is 19.0. The number of nitrogens with one attached hydrogen (secondary N) is 1. The monoisotopic (exact) mass is 439 g/mol. The molecular formula is C25H33N3O4. The van der Waals surface area contributed by atoms with E-state index >= 15 is 0 Å². The van der Waals surface area contributed by atoms with Crippen LogP contribution in [-0.2, 0) is 22.6 Å². The van der Waals surface area contributed by atoms with Crippen molar-refractivity contribution in [1.82, 2.24) is 15.1 Å². The molecule has 0 bridgehead atoms. The Labute approximate surface area is 190 Å². The van der Waals surface area contributed by atoms with Crippen LogP contribution in [0.15, 0.2) is 48.5 Å². The standard InChI is InChI=1S/C25H33N3O4/c1-31-22-9-4-20(5-10-22)8-13-25(30)28-15-3-14-27(16-17-28)19-24(29)26-18-21-6-11-23(32-2)12-7-21/h4-7,9-12H,3,8,13-19H2,1-2H3,(H,26,29). The quantitative estimate of drug-likeness (QED) is 0.650. The predicted molar refractivity (Wildman–Crippen MR) is 124 cm³/mol. The van der Waals surface area contributed by atoms with Gasteiger partial charge in [0, 0.05) is 39.1 Å². The van der Waals surface area contributed by atoms with E-state index < -0.39 is 0 Å². The van der Waals surface area contributed by atoms with Gasteiger partial charge in [0.1, 0.15) is 11.5 Å². The van der Waals surface area contributed by atoms with E-state index in [0.717, 1.165) is 48.6 Å². The van der Waals surface area contributed by atoms with Crippen LogP contribution in [0.25, 0.3) is 0 Å². The van der Waals surface area contributed by atoms with Crippen LogP contribution in [0.2, 0.25) is 0 Å². The number of benzene rings is 2.